The Morgan fingerprint density at radius 2 is 1.42 bits per heavy atom. The number of benzene rings is 2. The van der Waals surface area contributed by atoms with Crippen molar-refractivity contribution in [3.05, 3.63) is 70.8 Å². The van der Waals surface area contributed by atoms with Crippen molar-refractivity contribution in [2.45, 2.75) is 13.3 Å². The maximum Gasteiger partial charge on any atom is 0.335 e. The molecule has 0 heterocycles. The van der Waals surface area contributed by atoms with Gasteiger partial charge in [0.25, 0.3) is 0 Å². The molecule has 0 amide bonds. The quantitative estimate of drug-likeness (QED) is 0.830. The fourth-order valence-electron chi connectivity index (χ4n) is 1.66. The molecule has 2 aromatic rings. The lowest BCUT2D eigenvalue weighted by atomic mass is 10.1. The van der Waals surface area contributed by atoms with E-state index in [1.807, 2.05) is 12.1 Å². The second kappa shape index (κ2) is 5.88. The van der Waals surface area contributed by atoms with Crippen molar-refractivity contribution < 1.29 is 9.90 Å². The lowest BCUT2D eigenvalue weighted by Gasteiger charge is -1.96. The minimum atomic E-state index is -0.922. The van der Waals surface area contributed by atoms with Gasteiger partial charge in [-0.1, -0.05) is 30.9 Å². The maximum atomic E-state index is 10.7. The van der Waals surface area contributed by atoms with Crippen molar-refractivity contribution in [2.24, 2.45) is 0 Å². The number of rotatable bonds is 2. The number of carbonyl (C=O) groups is 1. The molecule has 0 aliphatic heterocycles. The molecular weight excluding hydrogens is 236 g/mol. The Labute approximate surface area is 112 Å². The molecule has 2 heteroatoms. The molecule has 0 saturated carbocycles. The summed E-state index contributed by atoms with van der Waals surface area (Å²) < 4.78 is 0. The smallest absolute Gasteiger partial charge is 0.335 e. The molecule has 0 spiro atoms. The van der Waals surface area contributed by atoms with Crippen LogP contribution in [0.3, 0.4) is 0 Å². The zero-order valence-corrected chi connectivity index (χ0v) is 10.7. The van der Waals surface area contributed by atoms with Crippen LogP contribution in [0.25, 0.3) is 0 Å². The summed E-state index contributed by atoms with van der Waals surface area (Å²) in [4.78, 5) is 10.7. The molecule has 2 rings (SSSR count). The van der Waals surface area contributed by atoms with Crippen LogP contribution in [0.1, 0.15) is 34.0 Å². The predicted molar refractivity (Wildman–Crippen MR) is 75.2 cm³/mol. The molecule has 2 aromatic carbocycles. The molecule has 94 valence electrons. The summed E-state index contributed by atoms with van der Waals surface area (Å²) in [6, 6.07) is 14.7. The predicted octanol–water partition coefficient (Wildman–Crippen LogP) is 3.35. The zero-order chi connectivity index (χ0) is 13.7. The molecule has 0 radical (unpaired) electrons. The highest BCUT2D eigenvalue weighted by Gasteiger charge is 1.99. The Morgan fingerprint density at radius 3 is 1.84 bits per heavy atom. The SMILES string of the molecule is CCc1ccc(C#Cc2ccc(C(=O)O)cc2)cc1. The van der Waals surface area contributed by atoms with E-state index >= 15 is 0 Å². The molecule has 2 nitrogen and oxygen atoms in total. The van der Waals surface area contributed by atoms with E-state index < -0.39 is 5.97 Å². The van der Waals surface area contributed by atoms with Crippen molar-refractivity contribution >= 4 is 5.97 Å². The van der Waals surface area contributed by atoms with Crippen LogP contribution in [0, 0.1) is 11.8 Å². The van der Waals surface area contributed by atoms with Gasteiger partial charge in [0.05, 0.1) is 5.56 Å². The monoisotopic (exact) mass is 250 g/mol. The second-order valence-electron chi connectivity index (χ2n) is 4.18. The average Bonchev–Trinajstić information content (AvgIpc) is 2.46. The van der Waals surface area contributed by atoms with Crippen LogP contribution in [-0.2, 0) is 6.42 Å². The first kappa shape index (κ1) is 12.9. The van der Waals surface area contributed by atoms with Gasteiger partial charge in [0.2, 0.25) is 0 Å². The van der Waals surface area contributed by atoms with Gasteiger partial charge in [0.15, 0.2) is 0 Å². The summed E-state index contributed by atoms with van der Waals surface area (Å²) in [6.07, 6.45) is 1.02. The Kier molecular flexibility index (Phi) is 4.00. The summed E-state index contributed by atoms with van der Waals surface area (Å²) in [5.74, 6) is 5.16. The van der Waals surface area contributed by atoms with Gasteiger partial charge < -0.3 is 5.11 Å². The van der Waals surface area contributed by atoms with Gasteiger partial charge in [-0.25, -0.2) is 4.79 Å². The van der Waals surface area contributed by atoms with Crippen LogP contribution < -0.4 is 0 Å². The lowest BCUT2D eigenvalue weighted by Crippen LogP contribution is -1.94. The minimum absolute atomic E-state index is 0.276. The molecule has 0 fully saturated rings. The van der Waals surface area contributed by atoms with Gasteiger partial charge in [0, 0.05) is 11.1 Å². The standard InChI is InChI=1S/C17H14O2/c1-2-13-3-5-14(6-4-13)7-8-15-9-11-16(12-10-15)17(18)19/h3-6,9-12H,2H2,1H3,(H,18,19). The Balaban J connectivity index is 2.16. The van der Waals surface area contributed by atoms with Crippen molar-refractivity contribution in [2.75, 3.05) is 0 Å². The van der Waals surface area contributed by atoms with Crippen LogP contribution in [-0.4, -0.2) is 11.1 Å². The number of hydrogen-bond acceptors (Lipinski definition) is 1. The first-order valence-corrected chi connectivity index (χ1v) is 6.13. The fraction of sp³-hybridized carbons (Fsp3) is 0.118. The van der Waals surface area contributed by atoms with E-state index in [0.717, 1.165) is 17.5 Å². The summed E-state index contributed by atoms with van der Waals surface area (Å²) in [6.45, 7) is 2.12. The first-order valence-electron chi connectivity index (χ1n) is 6.13. The topological polar surface area (TPSA) is 37.3 Å². The number of carboxylic acid groups (broad SMARTS) is 1. The lowest BCUT2D eigenvalue weighted by molar-refractivity contribution is 0.0697. The van der Waals surface area contributed by atoms with E-state index in [2.05, 4.69) is 30.9 Å². The van der Waals surface area contributed by atoms with Crippen LogP contribution >= 0.6 is 0 Å². The van der Waals surface area contributed by atoms with Crippen molar-refractivity contribution in [3.8, 4) is 11.8 Å². The number of carboxylic acids is 1. The van der Waals surface area contributed by atoms with Crippen LogP contribution in [0.4, 0.5) is 0 Å². The van der Waals surface area contributed by atoms with Gasteiger partial charge in [-0.05, 0) is 48.4 Å². The summed E-state index contributed by atoms with van der Waals surface area (Å²) in [5.41, 5.74) is 3.33. The molecule has 0 aliphatic carbocycles. The average molecular weight is 250 g/mol. The van der Waals surface area contributed by atoms with Gasteiger partial charge in [-0.2, -0.15) is 0 Å². The zero-order valence-electron chi connectivity index (χ0n) is 10.7. The molecule has 1 N–H and O–H groups in total. The number of aryl methyl sites for hydroxylation is 1. The Bertz CT molecular complexity index is 626. The van der Waals surface area contributed by atoms with Crippen LogP contribution in [0.5, 0.6) is 0 Å². The van der Waals surface area contributed by atoms with Crippen molar-refractivity contribution in [3.63, 3.8) is 0 Å². The molecule has 0 aliphatic rings. The highest BCUT2D eigenvalue weighted by molar-refractivity contribution is 5.87. The molecule has 0 bridgehead atoms. The Morgan fingerprint density at radius 1 is 0.947 bits per heavy atom. The van der Waals surface area contributed by atoms with Gasteiger partial charge >= 0.3 is 5.97 Å². The highest BCUT2D eigenvalue weighted by atomic mass is 16.4. The van der Waals surface area contributed by atoms with Gasteiger partial charge in [0.1, 0.15) is 0 Å². The van der Waals surface area contributed by atoms with Crippen LogP contribution in [0.15, 0.2) is 48.5 Å². The minimum Gasteiger partial charge on any atom is -0.478 e. The third-order valence-corrected chi connectivity index (χ3v) is 2.85. The molecule has 0 atom stereocenters. The maximum absolute atomic E-state index is 10.7. The van der Waals surface area contributed by atoms with Crippen molar-refractivity contribution in [1.29, 1.82) is 0 Å². The number of aromatic carboxylic acids is 1. The summed E-state index contributed by atoms with van der Waals surface area (Å²) >= 11 is 0. The third-order valence-electron chi connectivity index (χ3n) is 2.85. The van der Waals surface area contributed by atoms with Crippen molar-refractivity contribution in [1.82, 2.24) is 0 Å². The van der Waals surface area contributed by atoms with Gasteiger partial charge in [-0.3, -0.25) is 0 Å². The van der Waals surface area contributed by atoms with E-state index in [0.29, 0.717) is 0 Å². The normalized spacial score (nSPS) is 9.53. The van der Waals surface area contributed by atoms with E-state index in [1.54, 1.807) is 24.3 Å². The third kappa shape index (κ3) is 3.46. The van der Waals surface area contributed by atoms with E-state index in [-0.39, 0.29) is 5.56 Å². The largest absolute Gasteiger partial charge is 0.478 e. The van der Waals surface area contributed by atoms with E-state index in [9.17, 15) is 4.79 Å². The fourth-order valence-corrected chi connectivity index (χ4v) is 1.66. The summed E-state index contributed by atoms with van der Waals surface area (Å²) in [7, 11) is 0. The summed E-state index contributed by atoms with van der Waals surface area (Å²) in [5, 5.41) is 8.80. The number of hydrogen-bond donors (Lipinski definition) is 1. The Hall–Kier alpha value is -2.53. The van der Waals surface area contributed by atoms with Gasteiger partial charge in [-0.15, -0.1) is 0 Å². The molecule has 0 aromatic heterocycles. The van der Waals surface area contributed by atoms with E-state index in [1.165, 1.54) is 5.56 Å². The van der Waals surface area contributed by atoms with Crippen LogP contribution in [0.2, 0.25) is 0 Å². The second-order valence-corrected chi connectivity index (χ2v) is 4.18. The van der Waals surface area contributed by atoms with E-state index in [4.69, 9.17) is 5.11 Å². The first-order chi connectivity index (χ1) is 9.19. The molecular formula is C17H14O2. The molecule has 0 unspecified atom stereocenters. The molecule has 0 saturated heterocycles. The molecule has 19 heavy (non-hydrogen) atoms. The highest BCUT2D eigenvalue weighted by Crippen LogP contribution is 2.06.